The third kappa shape index (κ3) is 6.13. The van der Waals surface area contributed by atoms with Gasteiger partial charge in [0.25, 0.3) is 5.91 Å². The summed E-state index contributed by atoms with van der Waals surface area (Å²) in [4.78, 5) is 22.7. The average molecular weight is 287 g/mol. The molecule has 0 atom stereocenters. The largest absolute Gasteiger partial charge is 0.469 e. The first kappa shape index (κ1) is 16.8. The second kappa shape index (κ2) is 8.80. The lowest BCUT2D eigenvalue weighted by Crippen LogP contribution is -2.25. The lowest BCUT2D eigenvalue weighted by atomic mass is 9.96. The van der Waals surface area contributed by atoms with Crippen molar-refractivity contribution in [1.29, 1.82) is 0 Å². The molecule has 0 radical (unpaired) electrons. The molecule has 1 aliphatic rings. The minimum absolute atomic E-state index is 0.128. The molecule has 0 bridgehead atoms. The molecule has 0 unspecified atom stereocenters. The van der Waals surface area contributed by atoms with Gasteiger partial charge >= 0.3 is 5.97 Å². The first-order valence-electron chi connectivity index (χ1n) is 6.94. The molecule has 4 nitrogen and oxygen atoms in total. The molecule has 0 aromatic carbocycles. The maximum absolute atomic E-state index is 11.9. The van der Waals surface area contributed by atoms with Crippen LogP contribution in [0.2, 0.25) is 0 Å². The Bertz CT molecular complexity index is 555. The zero-order chi connectivity index (χ0) is 15.7. The van der Waals surface area contributed by atoms with E-state index in [4.69, 9.17) is 0 Å². The summed E-state index contributed by atoms with van der Waals surface area (Å²) in [5, 5.41) is 2.76. The summed E-state index contributed by atoms with van der Waals surface area (Å²) in [7, 11) is 1.34. The molecule has 0 spiro atoms. The summed E-state index contributed by atoms with van der Waals surface area (Å²) in [6.07, 6.45) is 7.94. The topological polar surface area (TPSA) is 55.4 Å². The highest BCUT2D eigenvalue weighted by molar-refractivity contribution is 5.93. The van der Waals surface area contributed by atoms with Crippen LogP contribution in [0.3, 0.4) is 0 Å². The molecule has 1 N–H and O–H groups in total. The quantitative estimate of drug-likeness (QED) is 0.603. The van der Waals surface area contributed by atoms with Crippen LogP contribution >= 0.6 is 0 Å². The number of hydrogen-bond acceptors (Lipinski definition) is 3. The van der Waals surface area contributed by atoms with Crippen LogP contribution < -0.4 is 5.32 Å². The number of ether oxygens (including phenoxy) is 1. The lowest BCUT2D eigenvalue weighted by Gasteiger charge is -2.10. The van der Waals surface area contributed by atoms with E-state index in [1.165, 1.54) is 12.7 Å². The van der Waals surface area contributed by atoms with Crippen molar-refractivity contribution in [1.82, 2.24) is 5.32 Å². The molecule has 0 heterocycles. The molecule has 0 saturated carbocycles. The summed E-state index contributed by atoms with van der Waals surface area (Å²) in [6.45, 7) is 4.59. The monoisotopic (exact) mass is 287 g/mol. The van der Waals surface area contributed by atoms with Gasteiger partial charge in [-0.25, -0.2) is 0 Å². The van der Waals surface area contributed by atoms with E-state index in [1.54, 1.807) is 12.2 Å². The van der Waals surface area contributed by atoms with Crippen LogP contribution in [-0.2, 0) is 14.3 Å². The fourth-order valence-corrected chi connectivity index (χ4v) is 1.69. The third-order valence-electron chi connectivity index (χ3n) is 2.99. The van der Waals surface area contributed by atoms with Gasteiger partial charge in [-0.15, -0.1) is 11.5 Å². The van der Waals surface area contributed by atoms with Crippen LogP contribution in [0.1, 0.15) is 26.7 Å². The van der Waals surface area contributed by atoms with E-state index in [2.05, 4.69) is 41.4 Å². The minimum atomic E-state index is -0.315. The lowest BCUT2D eigenvalue weighted by molar-refractivity contribution is -0.139. The van der Waals surface area contributed by atoms with Crippen molar-refractivity contribution in [2.24, 2.45) is 5.92 Å². The predicted molar refractivity (Wildman–Crippen MR) is 81.4 cm³/mol. The number of esters is 1. The molecule has 112 valence electrons. The fourth-order valence-electron chi connectivity index (χ4n) is 1.69. The Morgan fingerprint density at radius 2 is 2.24 bits per heavy atom. The number of amides is 1. The van der Waals surface area contributed by atoms with Crippen molar-refractivity contribution in [2.45, 2.75) is 26.7 Å². The highest BCUT2D eigenvalue weighted by atomic mass is 16.5. The second-order valence-corrected chi connectivity index (χ2v) is 4.90. The normalized spacial score (nSPS) is 13.0. The zero-order valence-electron chi connectivity index (χ0n) is 12.7. The maximum atomic E-state index is 11.9. The molecule has 4 heteroatoms. The van der Waals surface area contributed by atoms with Gasteiger partial charge in [-0.2, -0.15) is 0 Å². The van der Waals surface area contributed by atoms with Gasteiger partial charge in [0.15, 0.2) is 0 Å². The second-order valence-electron chi connectivity index (χ2n) is 4.90. The molecule has 0 fully saturated rings. The molecule has 0 aromatic heterocycles. The van der Waals surface area contributed by atoms with E-state index in [0.717, 1.165) is 0 Å². The van der Waals surface area contributed by atoms with E-state index in [9.17, 15) is 9.59 Å². The summed E-state index contributed by atoms with van der Waals surface area (Å²) in [5.41, 5.74) is 7.69. The van der Waals surface area contributed by atoms with E-state index < -0.39 is 0 Å². The minimum Gasteiger partial charge on any atom is -0.469 e. The molecule has 0 saturated heterocycles. The molecular weight excluding hydrogens is 266 g/mol. The van der Waals surface area contributed by atoms with E-state index in [1.807, 2.05) is 6.08 Å². The Labute approximate surface area is 125 Å². The zero-order valence-corrected chi connectivity index (χ0v) is 12.7. The SMILES string of the molecule is COC(=O)CC=C=CCNC(=O)C1=C=CC(C(C)C)=CC1. The first-order valence-corrected chi connectivity index (χ1v) is 6.94. The van der Waals surface area contributed by atoms with E-state index in [0.29, 0.717) is 24.5 Å². The standard InChI is InChI=1S/C17H21NO3/c1-13(2)14-8-10-15(11-9-14)17(20)18-12-6-4-5-7-16(19)21-3/h5-6,8-9,13H,7,10,12H2,1-3H3,(H,18,20). The van der Waals surface area contributed by atoms with Gasteiger partial charge in [0.2, 0.25) is 0 Å². The number of nitrogens with one attached hydrogen (secondary N) is 1. The van der Waals surface area contributed by atoms with Crippen molar-refractivity contribution in [2.75, 3.05) is 13.7 Å². The smallest absolute Gasteiger partial charge is 0.309 e. The van der Waals surface area contributed by atoms with Crippen LogP contribution in [0.4, 0.5) is 0 Å². The molecule has 1 aliphatic carbocycles. The van der Waals surface area contributed by atoms with Gasteiger partial charge in [0.1, 0.15) is 0 Å². The predicted octanol–water partition coefficient (Wildman–Crippen LogP) is 2.44. The van der Waals surface area contributed by atoms with Gasteiger partial charge in [0.05, 0.1) is 19.1 Å². The Hall–Kier alpha value is -2.28. The highest BCUT2D eigenvalue weighted by Crippen LogP contribution is 2.17. The molecule has 21 heavy (non-hydrogen) atoms. The molecule has 0 aromatic rings. The van der Waals surface area contributed by atoms with E-state index >= 15 is 0 Å². The van der Waals surface area contributed by atoms with E-state index in [-0.39, 0.29) is 18.3 Å². The maximum Gasteiger partial charge on any atom is 0.309 e. The van der Waals surface area contributed by atoms with Gasteiger partial charge < -0.3 is 10.1 Å². The van der Waals surface area contributed by atoms with Crippen LogP contribution in [0.5, 0.6) is 0 Å². The number of hydrogen-bond donors (Lipinski definition) is 1. The number of carbonyl (C=O) groups excluding carboxylic acids is 2. The third-order valence-corrected chi connectivity index (χ3v) is 2.99. The van der Waals surface area contributed by atoms with Crippen LogP contribution in [-0.4, -0.2) is 25.5 Å². The van der Waals surface area contributed by atoms with Crippen LogP contribution in [0.15, 0.2) is 46.9 Å². The summed E-state index contributed by atoms with van der Waals surface area (Å²) >= 11 is 0. The van der Waals surface area contributed by atoms with Crippen LogP contribution in [0.25, 0.3) is 0 Å². The average Bonchev–Trinajstić information content (AvgIpc) is 2.50. The first-order chi connectivity index (χ1) is 10.0. The Kier molecular flexibility index (Phi) is 7.03. The highest BCUT2D eigenvalue weighted by Gasteiger charge is 2.10. The van der Waals surface area contributed by atoms with Crippen molar-refractivity contribution in [3.8, 4) is 0 Å². The van der Waals surface area contributed by atoms with Crippen molar-refractivity contribution < 1.29 is 14.3 Å². The Morgan fingerprint density at radius 3 is 2.81 bits per heavy atom. The van der Waals surface area contributed by atoms with Gasteiger partial charge in [-0.1, -0.05) is 19.9 Å². The summed E-state index contributed by atoms with van der Waals surface area (Å²) < 4.78 is 4.49. The molecule has 0 aliphatic heterocycles. The van der Waals surface area contributed by atoms with Crippen LogP contribution in [0, 0.1) is 5.92 Å². The summed E-state index contributed by atoms with van der Waals surface area (Å²) in [6, 6.07) is 0. The molecule has 1 amide bonds. The number of carbonyl (C=O) groups is 2. The molecule has 1 rings (SSSR count). The summed E-state index contributed by atoms with van der Waals surface area (Å²) in [5.74, 6) is 0.00601. The number of methoxy groups -OCH3 is 1. The molecular formula is C17H21NO3. The van der Waals surface area contributed by atoms with Gasteiger partial charge in [-0.05, 0) is 29.7 Å². The van der Waals surface area contributed by atoms with Gasteiger partial charge in [-0.3, -0.25) is 9.59 Å². The van der Waals surface area contributed by atoms with Crippen molar-refractivity contribution >= 4 is 11.9 Å². The van der Waals surface area contributed by atoms with Gasteiger partial charge in [0, 0.05) is 13.0 Å². The number of rotatable bonds is 6. The van der Waals surface area contributed by atoms with Crippen molar-refractivity contribution in [3.63, 3.8) is 0 Å². The van der Waals surface area contributed by atoms with Crippen molar-refractivity contribution in [3.05, 3.63) is 46.9 Å². The Morgan fingerprint density at radius 1 is 1.48 bits per heavy atom. The fraction of sp³-hybridized carbons (Fsp3) is 0.412. The Balaban J connectivity index is 2.41. The number of allylic oxidation sites excluding steroid dienone is 2.